The molecule has 1 aromatic heterocycles. The fourth-order valence-corrected chi connectivity index (χ4v) is 0.963. The van der Waals surface area contributed by atoms with E-state index in [1.807, 2.05) is 6.07 Å². The average Bonchev–Trinajstić information content (AvgIpc) is 2.27. The van der Waals surface area contributed by atoms with E-state index in [0.717, 1.165) is 0 Å². The molecule has 0 radical (unpaired) electrons. The first-order valence-corrected chi connectivity index (χ1v) is 4.58. The topological polar surface area (TPSA) is 69.9 Å². The SMILES string of the molecule is CC(C#N)N(C)C(=O)c1cnc(Cl)cn1. The van der Waals surface area contributed by atoms with Crippen molar-refractivity contribution < 1.29 is 4.79 Å². The van der Waals surface area contributed by atoms with Gasteiger partial charge in [0.15, 0.2) is 0 Å². The van der Waals surface area contributed by atoms with Crippen LogP contribution in [0.25, 0.3) is 0 Å². The van der Waals surface area contributed by atoms with E-state index in [1.54, 1.807) is 6.92 Å². The summed E-state index contributed by atoms with van der Waals surface area (Å²) in [6.07, 6.45) is 2.57. The molecule has 1 atom stereocenters. The number of hydrogen-bond donors (Lipinski definition) is 0. The molecule has 0 saturated heterocycles. The number of carbonyl (C=O) groups is 1. The number of aromatic nitrogens is 2. The van der Waals surface area contributed by atoms with Gasteiger partial charge in [-0.3, -0.25) is 4.79 Å². The first-order chi connectivity index (χ1) is 7.06. The van der Waals surface area contributed by atoms with Gasteiger partial charge in [-0.2, -0.15) is 5.26 Å². The Hall–Kier alpha value is -1.67. The maximum Gasteiger partial charge on any atom is 0.274 e. The van der Waals surface area contributed by atoms with E-state index in [1.165, 1.54) is 24.3 Å². The highest BCUT2D eigenvalue weighted by Crippen LogP contribution is 2.05. The molecule has 0 aliphatic rings. The predicted octanol–water partition coefficient (Wildman–Crippen LogP) is 1.11. The van der Waals surface area contributed by atoms with Gasteiger partial charge >= 0.3 is 0 Å². The van der Waals surface area contributed by atoms with Gasteiger partial charge in [0.2, 0.25) is 0 Å². The second kappa shape index (κ2) is 4.71. The monoisotopic (exact) mass is 224 g/mol. The molecule has 1 unspecified atom stereocenters. The van der Waals surface area contributed by atoms with Crippen molar-refractivity contribution in [2.24, 2.45) is 0 Å². The smallest absolute Gasteiger partial charge is 0.274 e. The first kappa shape index (κ1) is 11.4. The normalized spacial score (nSPS) is 11.6. The molecule has 5 nitrogen and oxygen atoms in total. The van der Waals surface area contributed by atoms with Crippen LogP contribution in [0.5, 0.6) is 0 Å². The second-order valence-corrected chi connectivity index (χ2v) is 3.33. The van der Waals surface area contributed by atoms with Crippen LogP contribution in [0.3, 0.4) is 0 Å². The van der Waals surface area contributed by atoms with E-state index < -0.39 is 6.04 Å². The summed E-state index contributed by atoms with van der Waals surface area (Å²) in [6.45, 7) is 1.63. The third-order valence-electron chi connectivity index (χ3n) is 1.93. The molecule has 0 fully saturated rings. The molecule has 0 spiro atoms. The molecule has 0 bridgehead atoms. The van der Waals surface area contributed by atoms with Crippen LogP contribution in [0.1, 0.15) is 17.4 Å². The van der Waals surface area contributed by atoms with Crippen LogP contribution >= 0.6 is 11.6 Å². The zero-order valence-electron chi connectivity index (χ0n) is 8.31. The Morgan fingerprint density at radius 1 is 1.60 bits per heavy atom. The summed E-state index contributed by atoms with van der Waals surface area (Å²) in [5.41, 5.74) is 0.170. The zero-order valence-corrected chi connectivity index (χ0v) is 9.06. The number of halogens is 1. The van der Waals surface area contributed by atoms with E-state index >= 15 is 0 Å². The van der Waals surface area contributed by atoms with Crippen LogP contribution in [-0.4, -0.2) is 33.9 Å². The largest absolute Gasteiger partial charge is 0.325 e. The highest BCUT2D eigenvalue weighted by molar-refractivity contribution is 6.29. The summed E-state index contributed by atoms with van der Waals surface area (Å²) in [5, 5.41) is 8.87. The molecule has 0 saturated carbocycles. The van der Waals surface area contributed by atoms with Gasteiger partial charge in [-0.15, -0.1) is 0 Å². The summed E-state index contributed by atoms with van der Waals surface area (Å²) < 4.78 is 0. The van der Waals surface area contributed by atoms with Gasteiger partial charge in [-0.25, -0.2) is 9.97 Å². The lowest BCUT2D eigenvalue weighted by atomic mass is 10.3. The van der Waals surface area contributed by atoms with Crippen LogP contribution in [0, 0.1) is 11.3 Å². The van der Waals surface area contributed by atoms with Gasteiger partial charge in [0.05, 0.1) is 18.5 Å². The Balaban J connectivity index is 2.86. The van der Waals surface area contributed by atoms with E-state index in [-0.39, 0.29) is 16.8 Å². The quantitative estimate of drug-likeness (QED) is 0.755. The van der Waals surface area contributed by atoms with Crippen LogP contribution in [0.15, 0.2) is 12.4 Å². The third kappa shape index (κ3) is 2.64. The zero-order chi connectivity index (χ0) is 11.4. The number of amides is 1. The molecule has 1 heterocycles. The summed E-state index contributed by atoms with van der Waals surface area (Å²) in [6, 6.07) is 1.45. The van der Waals surface area contributed by atoms with E-state index in [2.05, 4.69) is 9.97 Å². The second-order valence-electron chi connectivity index (χ2n) is 2.95. The lowest BCUT2D eigenvalue weighted by Crippen LogP contribution is -2.34. The minimum atomic E-state index is -0.505. The van der Waals surface area contributed by atoms with Gasteiger partial charge in [0, 0.05) is 7.05 Å². The number of nitrogens with zero attached hydrogens (tertiary/aromatic N) is 4. The summed E-state index contributed by atoms with van der Waals surface area (Å²) in [5.74, 6) is -0.354. The maximum atomic E-state index is 11.7. The van der Waals surface area contributed by atoms with Crippen molar-refractivity contribution in [3.63, 3.8) is 0 Å². The van der Waals surface area contributed by atoms with Gasteiger partial charge in [0.25, 0.3) is 5.91 Å². The van der Waals surface area contributed by atoms with Crippen LogP contribution < -0.4 is 0 Å². The highest BCUT2D eigenvalue weighted by Gasteiger charge is 2.18. The summed E-state index contributed by atoms with van der Waals surface area (Å²) in [7, 11) is 1.53. The molecule has 1 aromatic rings. The molecule has 6 heteroatoms. The Morgan fingerprint density at radius 2 is 2.27 bits per heavy atom. The maximum absolute atomic E-state index is 11.7. The van der Waals surface area contributed by atoms with E-state index in [0.29, 0.717) is 0 Å². The molecule has 1 rings (SSSR count). The Labute approximate surface area is 92.3 Å². The van der Waals surface area contributed by atoms with Crippen molar-refractivity contribution in [2.45, 2.75) is 13.0 Å². The van der Waals surface area contributed by atoms with Gasteiger partial charge in [-0.05, 0) is 6.92 Å². The lowest BCUT2D eigenvalue weighted by molar-refractivity contribution is 0.0767. The molecule has 15 heavy (non-hydrogen) atoms. The third-order valence-corrected chi connectivity index (χ3v) is 2.12. The fourth-order valence-electron chi connectivity index (χ4n) is 0.866. The molecular formula is C9H9ClN4O. The van der Waals surface area contributed by atoms with Crippen molar-refractivity contribution in [1.82, 2.24) is 14.9 Å². The molecule has 0 aliphatic carbocycles. The first-order valence-electron chi connectivity index (χ1n) is 4.20. The number of carbonyl (C=O) groups excluding carboxylic acids is 1. The van der Waals surface area contributed by atoms with Gasteiger partial charge < -0.3 is 4.90 Å². The number of rotatable bonds is 2. The molecule has 1 amide bonds. The Morgan fingerprint density at radius 3 is 2.73 bits per heavy atom. The Kier molecular flexibility index (Phi) is 3.58. The van der Waals surface area contributed by atoms with Crippen molar-refractivity contribution >= 4 is 17.5 Å². The minimum Gasteiger partial charge on any atom is -0.325 e. The van der Waals surface area contributed by atoms with Gasteiger partial charge in [-0.1, -0.05) is 11.6 Å². The molecule has 0 aliphatic heterocycles. The predicted molar refractivity (Wildman–Crippen MR) is 54.2 cm³/mol. The summed E-state index contributed by atoms with van der Waals surface area (Å²) >= 11 is 5.53. The van der Waals surface area contributed by atoms with Crippen molar-refractivity contribution in [3.8, 4) is 6.07 Å². The lowest BCUT2D eigenvalue weighted by Gasteiger charge is -2.18. The van der Waals surface area contributed by atoms with Crippen molar-refractivity contribution in [1.29, 1.82) is 5.26 Å². The highest BCUT2D eigenvalue weighted by atomic mass is 35.5. The molecule has 0 aromatic carbocycles. The van der Waals surface area contributed by atoms with Crippen molar-refractivity contribution in [2.75, 3.05) is 7.05 Å². The molecular weight excluding hydrogens is 216 g/mol. The van der Waals surface area contributed by atoms with Crippen LogP contribution in [0.2, 0.25) is 5.15 Å². The van der Waals surface area contributed by atoms with Crippen LogP contribution in [-0.2, 0) is 0 Å². The average molecular weight is 225 g/mol. The fraction of sp³-hybridized carbons (Fsp3) is 0.333. The minimum absolute atomic E-state index is 0.170. The van der Waals surface area contributed by atoms with E-state index in [4.69, 9.17) is 16.9 Å². The van der Waals surface area contributed by atoms with E-state index in [9.17, 15) is 4.79 Å². The number of hydrogen-bond acceptors (Lipinski definition) is 4. The number of nitriles is 1. The Bertz CT molecular complexity index is 398. The van der Waals surface area contributed by atoms with Crippen molar-refractivity contribution in [3.05, 3.63) is 23.2 Å². The van der Waals surface area contributed by atoms with Gasteiger partial charge in [0.1, 0.15) is 16.9 Å². The summed E-state index contributed by atoms with van der Waals surface area (Å²) in [4.78, 5) is 20.5. The van der Waals surface area contributed by atoms with Crippen LogP contribution in [0.4, 0.5) is 0 Å². The molecule has 0 N–H and O–H groups in total. The molecule has 78 valence electrons. The standard InChI is InChI=1S/C9H9ClN4O/c1-6(3-11)14(2)9(15)7-4-13-8(10)5-12-7/h4-6H,1-2H3.